The Balaban J connectivity index is 1.67. The van der Waals surface area contributed by atoms with E-state index in [-0.39, 0.29) is 6.04 Å². The number of hydrogen-bond acceptors (Lipinski definition) is 3. The van der Waals surface area contributed by atoms with Crippen molar-refractivity contribution in [3.8, 4) is 0 Å². The summed E-state index contributed by atoms with van der Waals surface area (Å²) in [6.07, 6.45) is 4.88. The van der Waals surface area contributed by atoms with Crippen LogP contribution in [0.3, 0.4) is 0 Å². The molecule has 1 saturated heterocycles. The highest BCUT2D eigenvalue weighted by Crippen LogP contribution is 2.29. The second-order valence-electron chi connectivity index (χ2n) is 6.26. The van der Waals surface area contributed by atoms with Crippen molar-refractivity contribution in [1.29, 1.82) is 0 Å². The lowest BCUT2D eigenvalue weighted by atomic mass is 10.0. The van der Waals surface area contributed by atoms with E-state index < -0.39 is 0 Å². The van der Waals surface area contributed by atoms with Gasteiger partial charge in [0, 0.05) is 44.0 Å². The van der Waals surface area contributed by atoms with Gasteiger partial charge in [0.05, 0.1) is 0 Å². The molecule has 0 aromatic heterocycles. The fraction of sp³-hybridized carbons (Fsp3) is 0.647. The van der Waals surface area contributed by atoms with Gasteiger partial charge in [-0.05, 0) is 37.3 Å². The predicted octanol–water partition coefficient (Wildman–Crippen LogP) is 2.25. The molecular weight excluding hydrogens is 246 g/mol. The summed E-state index contributed by atoms with van der Waals surface area (Å²) in [6.45, 7) is 6.93. The number of nitrogens with zero attached hydrogens (tertiary/aromatic N) is 2. The summed E-state index contributed by atoms with van der Waals surface area (Å²) < 4.78 is 0. The molecule has 3 rings (SSSR count). The number of para-hydroxylation sites is 1. The van der Waals surface area contributed by atoms with E-state index in [1.54, 1.807) is 0 Å². The van der Waals surface area contributed by atoms with Gasteiger partial charge in [-0.25, -0.2) is 0 Å². The van der Waals surface area contributed by atoms with Gasteiger partial charge in [-0.15, -0.1) is 0 Å². The van der Waals surface area contributed by atoms with E-state index in [4.69, 9.17) is 5.73 Å². The molecule has 2 N–H and O–H groups in total. The van der Waals surface area contributed by atoms with Gasteiger partial charge < -0.3 is 10.6 Å². The molecule has 2 fully saturated rings. The van der Waals surface area contributed by atoms with E-state index in [2.05, 4.69) is 41.0 Å². The zero-order valence-electron chi connectivity index (χ0n) is 12.6. The topological polar surface area (TPSA) is 32.5 Å². The minimum absolute atomic E-state index is 0.281. The fourth-order valence-electron chi connectivity index (χ4n) is 3.19. The number of nitrogens with two attached hydrogens (primary N) is 1. The van der Waals surface area contributed by atoms with E-state index in [1.165, 1.54) is 37.2 Å². The van der Waals surface area contributed by atoms with Crippen molar-refractivity contribution in [3.63, 3.8) is 0 Å². The molecule has 0 amide bonds. The van der Waals surface area contributed by atoms with Crippen molar-refractivity contribution in [2.24, 2.45) is 5.73 Å². The molecule has 1 aromatic carbocycles. The van der Waals surface area contributed by atoms with E-state index >= 15 is 0 Å². The minimum atomic E-state index is 0.281. The summed E-state index contributed by atoms with van der Waals surface area (Å²) in [7, 11) is 0. The monoisotopic (exact) mass is 273 g/mol. The Morgan fingerprint density at radius 3 is 2.50 bits per heavy atom. The minimum Gasteiger partial charge on any atom is -0.369 e. The standard InChI is InChI=1S/C17H27N3/c1-2-15(18)13-14-5-3-4-6-17(14)20-11-9-19(10-12-20)16-7-8-16/h3-6,15-16H,2,7-13,18H2,1H3. The quantitative estimate of drug-likeness (QED) is 0.893. The number of benzene rings is 1. The molecule has 1 atom stereocenters. The molecule has 110 valence electrons. The van der Waals surface area contributed by atoms with Crippen molar-refractivity contribution in [3.05, 3.63) is 29.8 Å². The second-order valence-corrected chi connectivity index (χ2v) is 6.26. The third-order valence-electron chi connectivity index (χ3n) is 4.72. The maximum absolute atomic E-state index is 6.15. The molecule has 0 bridgehead atoms. The summed E-state index contributed by atoms with van der Waals surface area (Å²) in [5.41, 5.74) is 8.97. The molecule has 1 aliphatic carbocycles. The van der Waals surface area contributed by atoms with Gasteiger partial charge in [0.25, 0.3) is 0 Å². The fourth-order valence-corrected chi connectivity index (χ4v) is 3.19. The van der Waals surface area contributed by atoms with Crippen molar-refractivity contribution in [1.82, 2.24) is 4.90 Å². The van der Waals surface area contributed by atoms with Crippen LogP contribution in [0.5, 0.6) is 0 Å². The highest BCUT2D eigenvalue weighted by Gasteiger charge is 2.31. The Morgan fingerprint density at radius 2 is 1.85 bits per heavy atom. The molecule has 0 spiro atoms. The van der Waals surface area contributed by atoms with Crippen LogP contribution in [0.2, 0.25) is 0 Å². The molecule has 0 radical (unpaired) electrons. The largest absolute Gasteiger partial charge is 0.369 e. The highest BCUT2D eigenvalue weighted by molar-refractivity contribution is 5.54. The van der Waals surface area contributed by atoms with Gasteiger partial charge in [-0.2, -0.15) is 0 Å². The van der Waals surface area contributed by atoms with Crippen molar-refractivity contribution < 1.29 is 0 Å². The van der Waals surface area contributed by atoms with Gasteiger partial charge in [0.1, 0.15) is 0 Å². The summed E-state index contributed by atoms with van der Waals surface area (Å²) in [5.74, 6) is 0. The average molecular weight is 273 g/mol. The van der Waals surface area contributed by atoms with Crippen molar-refractivity contribution in [2.45, 2.75) is 44.7 Å². The van der Waals surface area contributed by atoms with Crippen LogP contribution in [0, 0.1) is 0 Å². The third-order valence-corrected chi connectivity index (χ3v) is 4.72. The molecule has 1 aromatic rings. The number of rotatable bonds is 5. The Bertz CT molecular complexity index is 434. The third kappa shape index (κ3) is 3.15. The van der Waals surface area contributed by atoms with E-state index in [0.29, 0.717) is 0 Å². The maximum Gasteiger partial charge on any atom is 0.0400 e. The normalized spacial score (nSPS) is 22.0. The van der Waals surface area contributed by atoms with Crippen LogP contribution in [-0.2, 0) is 6.42 Å². The SMILES string of the molecule is CCC(N)Cc1ccccc1N1CCN(C2CC2)CC1. The van der Waals surface area contributed by atoms with Crippen LogP contribution in [0.15, 0.2) is 24.3 Å². The number of hydrogen-bond donors (Lipinski definition) is 1. The Kier molecular flexibility index (Phi) is 4.27. The zero-order valence-corrected chi connectivity index (χ0v) is 12.6. The van der Waals surface area contributed by atoms with Crippen LogP contribution in [0.25, 0.3) is 0 Å². The van der Waals surface area contributed by atoms with Crippen molar-refractivity contribution in [2.75, 3.05) is 31.1 Å². The predicted molar refractivity (Wildman–Crippen MR) is 85.2 cm³/mol. The van der Waals surface area contributed by atoms with Crippen LogP contribution in [-0.4, -0.2) is 43.2 Å². The van der Waals surface area contributed by atoms with Crippen LogP contribution in [0.4, 0.5) is 5.69 Å². The Labute approximate surface area is 122 Å². The molecule has 1 saturated carbocycles. The molecule has 1 aliphatic heterocycles. The summed E-state index contributed by atoms with van der Waals surface area (Å²) in [5, 5.41) is 0. The summed E-state index contributed by atoms with van der Waals surface area (Å²) in [6, 6.07) is 10.00. The summed E-state index contributed by atoms with van der Waals surface area (Å²) >= 11 is 0. The van der Waals surface area contributed by atoms with Gasteiger partial charge in [0.2, 0.25) is 0 Å². The van der Waals surface area contributed by atoms with Crippen LogP contribution < -0.4 is 10.6 Å². The van der Waals surface area contributed by atoms with Gasteiger partial charge in [-0.3, -0.25) is 4.90 Å². The van der Waals surface area contributed by atoms with Gasteiger partial charge in [0.15, 0.2) is 0 Å². The van der Waals surface area contributed by atoms with E-state index in [1.807, 2.05) is 0 Å². The van der Waals surface area contributed by atoms with Gasteiger partial charge in [-0.1, -0.05) is 25.1 Å². The molecule has 1 heterocycles. The lowest BCUT2D eigenvalue weighted by Crippen LogP contribution is -2.47. The average Bonchev–Trinajstić information content (AvgIpc) is 3.33. The molecule has 2 aliphatic rings. The Morgan fingerprint density at radius 1 is 1.15 bits per heavy atom. The number of piperazine rings is 1. The maximum atomic E-state index is 6.15. The Hall–Kier alpha value is -1.06. The van der Waals surface area contributed by atoms with Gasteiger partial charge >= 0.3 is 0 Å². The second kappa shape index (κ2) is 6.15. The first-order valence-electron chi connectivity index (χ1n) is 8.10. The van der Waals surface area contributed by atoms with E-state index in [9.17, 15) is 0 Å². The highest BCUT2D eigenvalue weighted by atomic mass is 15.3. The first-order valence-corrected chi connectivity index (χ1v) is 8.10. The molecular formula is C17H27N3. The first kappa shape index (κ1) is 13.9. The zero-order chi connectivity index (χ0) is 13.9. The number of anilines is 1. The smallest absolute Gasteiger partial charge is 0.0400 e. The lowest BCUT2D eigenvalue weighted by molar-refractivity contribution is 0.248. The lowest BCUT2D eigenvalue weighted by Gasteiger charge is -2.37. The van der Waals surface area contributed by atoms with Crippen LogP contribution >= 0.6 is 0 Å². The molecule has 3 heteroatoms. The molecule has 20 heavy (non-hydrogen) atoms. The summed E-state index contributed by atoms with van der Waals surface area (Å²) in [4.78, 5) is 5.22. The molecule has 3 nitrogen and oxygen atoms in total. The van der Waals surface area contributed by atoms with E-state index in [0.717, 1.165) is 32.0 Å². The van der Waals surface area contributed by atoms with Crippen LogP contribution in [0.1, 0.15) is 31.7 Å². The first-order chi connectivity index (χ1) is 9.78. The van der Waals surface area contributed by atoms with Crippen molar-refractivity contribution >= 4 is 5.69 Å². The molecule has 1 unspecified atom stereocenters.